The first-order valence-electron chi connectivity index (χ1n) is 4.91. The van der Waals surface area contributed by atoms with Gasteiger partial charge >= 0.3 is 0 Å². The Morgan fingerprint density at radius 1 is 0.938 bits per heavy atom. The predicted octanol–water partition coefficient (Wildman–Crippen LogP) is 4.58. The van der Waals surface area contributed by atoms with Crippen LogP contribution in [0.4, 0.5) is 0 Å². The molecule has 0 saturated heterocycles. The van der Waals surface area contributed by atoms with Crippen molar-refractivity contribution >= 4 is 27.7 Å². The summed E-state index contributed by atoms with van der Waals surface area (Å²) in [7, 11) is 0. The monoisotopic (exact) mass is 294 g/mol. The summed E-state index contributed by atoms with van der Waals surface area (Å²) < 4.78 is 6.67. The van der Waals surface area contributed by atoms with E-state index >= 15 is 0 Å². The van der Waals surface area contributed by atoms with E-state index in [0.717, 1.165) is 10.2 Å². The van der Waals surface area contributed by atoms with Gasteiger partial charge in [0.1, 0.15) is 11.7 Å². The van der Waals surface area contributed by atoms with Gasteiger partial charge in [-0.3, -0.25) is 0 Å². The van der Waals surface area contributed by atoms with Crippen LogP contribution in [-0.4, -0.2) is 5.94 Å². The molecule has 2 aromatic rings. The van der Waals surface area contributed by atoms with E-state index in [1.807, 2.05) is 42.5 Å². The van der Waals surface area contributed by atoms with Crippen LogP contribution in [0.2, 0.25) is 0 Å². The van der Waals surface area contributed by atoms with E-state index < -0.39 is 0 Å². The Labute approximate surface area is 108 Å². The summed E-state index contributed by atoms with van der Waals surface area (Å²) in [5.41, 5.74) is 0. The Balaban J connectivity index is 1.82. The van der Waals surface area contributed by atoms with Crippen molar-refractivity contribution in [3.8, 4) is 5.75 Å². The van der Waals surface area contributed by atoms with Crippen LogP contribution in [0.3, 0.4) is 0 Å². The number of halogens is 1. The lowest BCUT2D eigenvalue weighted by molar-refractivity contribution is 0.393. The number of benzene rings is 2. The molecule has 0 fully saturated rings. The molecule has 0 spiro atoms. The van der Waals surface area contributed by atoms with Crippen molar-refractivity contribution in [3.63, 3.8) is 0 Å². The average molecular weight is 295 g/mol. The Kier molecular flexibility index (Phi) is 4.31. The highest BCUT2D eigenvalue weighted by atomic mass is 79.9. The molecule has 0 N–H and O–H groups in total. The highest BCUT2D eigenvalue weighted by Crippen LogP contribution is 2.20. The molecule has 16 heavy (non-hydrogen) atoms. The van der Waals surface area contributed by atoms with Gasteiger partial charge in [0.25, 0.3) is 0 Å². The molecule has 0 atom stereocenters. The molecule has 0 saturated carbocycles. The third kappa shape index (κ3) is 3.58. The van der Waals surface area contributed by atoms with Crippen molar-refractivity contribution in [2.24, 2.45) is 0 Å². The molecule has 82 valence electrons. The third-order valence-corrected chi connectivity index (χ3v) is 3.38. The molecular weight excluding hydrogens is 284 g/mol. The van der Waals surface area contributed by atoms with Crippen LogP contribution < -0.4 is 4.74 Å². The molecular formula is C13H11BrOS. The maximum atomic E-state index is 5.61. The standard InChI is InChI=1S/C13H11BrOS/c14-11-6-8-12(9-7-11)15-10-16-13-4-2-1-3-5-13/h1-9H,10H2. The smallest absolute Gasteiger partial charge is 0.138 e. The van der Waals surface area contributed by atoms with E-state index in [1.54, 1.807) is 11.8 Å². The van der Waals surface area contributed by atoms with Gasteiger partial charge in [0, 0.05) is 9.37 Å². The lowest BCUT2D eigenvalue weighted by Gasteiger charge is -2.05. The fourth-order valence-corrected chi connectivity index (χ4v) is 2.16. The van der Waals surface area contributed by atoms with Crippen molar-refractivity contribution in [2.75, 3.05) is 5.94 Å². The van der Waals surface area contributed by atoms with E-state index in [0.29, 0.717) is 5.94 Å². The van der Waals surface area contributed by atoms with E-state index in [2.05, 4.69) is 28.1 Å². The third-order valence-electron chi connectivity index (χ3n) is 2.01. The SMILES string of the molecule is Brc1ccc(OCSc2ccccc2)cc1. The van der Waals surface area contributed by atoms with Gasteiger partial charge in [0.15, 0.2) is 0 Å². The molecule has 0 aromatic heterocycles. The van der Waals surface area contributed by atoms with Crippen molar-refractivity contribution < 1.29 is 4.74 Å². The summed E-state index contributed by atoms with van der Waals surface area (Å²) >= 11 is 5.08. The van der Waals surface area contributed by atoms with Crippen LogP contribution >= 0.6 is 27.7 Å². The zero-order valence-corrected chi connectivity index (χ0v) is 11.0. The van der Waals surface area contributed by atoms with Gasteiger partial charge in [-0.2, -0.15) is 0 Å². The number of ether oxygens (including phenoxy) is 1. The van der Waals surface area contributed by atoms with Crippen LogP contribution in [0.15, 0.2) is 64.0 Å². The van der Waals surface area contributed by atoms with Gasteiger partial charge in [-0.15, -0.1) is 0 Å². The van der Waals surface area contributed by atoms with Crippen molar-refractivity contribution in [2.45, 2.75) is 4.90 Å². The predicted molar refractivity (Wildman–Crippen MR) is 71.9 cm³/mol. The number of rotatable bonds is 4. The summed E-state index contributed by atoms with van der Waals surface area (Å²) in [6.45, 7) is 0. The van der Waals surface area contributed by atoms with Gasteiger partial charge in [0.2, 0.25) is 0 Å². The first-order chi connectivity index (χ1) is 7.84. The molecule has 0 aliphatic heterocycles. The van der Waals surface area contributed by atoms with E-state index in [9.17, 15) is 0 Å². The van der Waals surface area contributed by atoms with Crippen LogP contribution in [-0.2, 0) is 0 Å². The second kappa shape index (κ2) is 5.97. The van der Waals surface area contributed by atoms with E-state index in [-0.39, 0.29) is 0 Å². The van der Waals surface area contributed by atoms with Crippen LogP contribution in [0.5, 0.6) is 5.75 Å². The molecule has 3 heteroatoms. The normalized spacial score (nSPS) is 10.1. The van der Waals surface area contributed by atoms with Gasteiger partial charge in [-0.1, -0.05) is 45.9 Å². The molecule has 0 aliphatic carbocycles. The molecule has 2 rings (SSSR count). The highest BCUT2D eigenvalue weighted by Gasteiger charge is 1.95. The Morgan fingerprint density at radius 3 is 2.31 bits per heavy atom. The fraction of sp³-hybridized carbons (Fsp3) is 0.0769. The van der Waals surface area contributed by atoms with E-state index in [4.69, 9.17) is 4.74 Å². The molecule has 0 unspecified atom stereocenters. The zero-order valence-electron chi connectivity index (χ0n) is 8.60. The lowest BCUT2D eigenvalue weighted by atomic mass is 10.3. The minimum atomic E-state index is 0.631. The molecule has 0 heterocycles. The molecule has 1 nitrogen and oxygen atoms in total. The highest BCUT2D eigenvalue weighted by molar-refractivity contribution is 9.10. The number of hydrogen-bond donors (Lipinski definition) is 0. The topological polar surface area (TPSA) is 9.23 Å². The summed E-state index contributed by atoms with van der Waals surface area (Å²) in [6.07, 6.45) is 0. The lowest BCUT2D eigenvalue weighted by Crippen LogP contribution is -1.91. The fourth-order valence-electron chi connectivity index (χ4n) is 1.21. The average Bonchev–Trinajstić information content (AvgIpc) is 2.33. The van der Waals surface area contributed by atoms with Crippen molar-refractivity contribution in [1.82, 2.24) is 0 Å². The molecule has 0 amide bonds. The van der Waals surface area contributed by atoms with Crippen LogP contribution in [0.1, 0.15) is 0 Å². The summed E-state index contributed by atoms with van der Waals surface area (Å²) in [4.78, 5) is 1.22. The molecule has 0 aliphatic rings. The molecule has 2 aromatic carbocycles. The minimum absolute atomic E-state index is 0.631. The van der Waals surface area contributed by atoms with Crippen molar-refractivity contribution in [1.29, 1.82) is 0 Å². The molecule has 0 radical (unpaired) electrons. The number of thioether (sulfide) groups is 1. The molecule has 0 bridgehead atoms. The Hall–Kier alpha value is -0.930. The largest absolute Gasteiger partial charge is 0.483 e. The van der Waals surface area contributed by atoms with Crippen LogP contribution in [0, 0.1) is 0 Å². The van der Waals surface area contributed by atoms with E-state index in [1.165, 1.54) is 4.90 Å². The Bertz CT molecular complexity index is 427. The summed E-state index contributed by atoms with van der Waals surface area (Å²) in [5, 5.41) is 0. The van der Waals surface area contributed by atoms with Gasteiger partial charge in [-0.25, -0.2) is 0 Å². The maximum absolute atomic E-state index is 5.61. The van der Waals surface area contributed by atoms with Gasteiger partial charge < -0.3 is 4.74 Å². The minimum Gasteiger partial charge on any atom is -0.483 e. The van der Waals surface area contributed by atoms with Gasteiger partial charge in [-0.05, 0) is 36.4 Å². The first-order valence-corrected chi connectivity index (χ1v) is 6.69. The maximum Gasteiger partial charge on any atom is 0.138 e. The Morgan fingerprint density at radius 2 is 1.62 bits per heavy atom. The van der Waals surface area contributed by atoms with Gasteiger partial charge in [0.05, 0.1) is 0 Å². The quantitative estimate of drug-likeness (QED) is 0.603. The second-order valence-electron chi connectivity index (χ2n) is 3.17. The first kappa shape index (κ1) is 11.6. The summed E-state index contributed by atoms with van der Waals surface area (Å²) in [6, 6.07) is 18.1. The second-order valence-corrected chi connectivity index (χ2v) is 5.08. The summed E-state index contributed by atoms with van der Waals surface area (Å²) in [5.74, 6) is 1.53. The van der Waals surface area contributed by atoms with Crippen molar-refractivity contribution in [3.05, 3.63) is 59.1 Å². The number of hydrogen-bond acceptors (Lipinski definition) is 2. The van der Waals surface area contributed by atoms with Crippen LogP contribution in [0.25, 0.3) is 0 Å². The zero-order chi connectivity index (χ0) is 11.2.